The Morgan fingerprint density at radius 1 is 0.880 bits per heavy atom. The quantitative estimate of drug-likeness (QED) is 0.532. The Hall–Kier alpha value is -0.860. The molecule has 0 amide bonds. The standard InChI is InChI=1S/C23H36O2/c1-3-5-6-10-21-16-25-23(17-24-21)20-14-12-19(13-15-20)22-11-8-7-9-18(22)4-2/h12-15,18,21-23H,3-11,16-17H2,1-2H3. The first kappa shape index (κ1) is 18.9. The summed E-state index contributed by atoms with van der Waals surface area (Å²) >= 11 is 0. The van der Waals surface area contributed by atoms with E-state index in [1.54, 1.807) is 0 Å². The smallest absolute Gasteiger partial charge is 0.106 e. The van der Waals surface area contributed by atoms with Crippen LogP contribution in [0.25, 0.3) is 0 Å². The van der Waals surface area contributed by atoms with E-state index in [0.29, 0.717) is 12.7 Å². The van der Waals surface area contributed by atoms with Gasteiger partial charge in [-0.15, -0.1) is 0 Å². The molecule has 140 valence electrons. The Bertz CT molecular complexity index is 487. The highest BCUT2D eigenvalue weighted by molar-refractivity contribution is 5.28. The highest BCUT2D eigenvalue weighted by atomic mass is 16.6. The van der Waals surface area contributed by atoms with Crippen molar-refractivity contribution in [1.29, 1.82) is 0 Å². The summed E-state index contributed by atoms with van der Waals surface area (Å²) in [6, 6.07) is 9.26. The lowest BCUT2D eigenvalue weighted by Gasteiger charge is -2.32. The van der Waals surface area contributed by atoms with Crippen LogP contribution in [-0.4, -0.2) is 19.3 Å². The summed E-state index contributed by atoms with van der Waals surface area (Å²) in [5, 5.41) is 0. The molecule has 1 heterocycles. The molecule has 4 unspecified atom stereocenters. The number of ether oxygens (including phenoxy) is 2. The van der Waals surface area contributed by atoms with E-state index in [2.05, 4.69) is 38.1 Å². The Labute approximate surface area is 154 Å². The predicted octanol–water partition coefficient (Wildman–Crippen LogP) is 6.41. The van der Waals surface area contributed by atoms with Gasteiger partial charge in [-0.3, -0.25) is 0 Å². The molecule has 2 heteroatoms. The van der Waals surface area contributed by atoms with Gasteiger partial charge in [0, 0.05) is 0 Å². The largest absolute Gasteiger partial charge is 0.373 e. The Morgan fingerprint density at radius 3 is 2.32 bits per heavy atom. The molecule has 4 atom stereocenters. The van der Waals surface area contributed by atoms with Gasteiger partial charge in [-0.1, -0.05) is 76.6 Å². The van der Waals surface area contributed by atoms with Crippen LogP contribution in [0.5, 0.6) is 0 Å². The van der Waals surface area contributed by atoms with Gasteiger partial charge in [-0.05, 0) is 42.2 Å². The monoisotopic (exact) mass is 344 g/mol. The molecule has 2 aliphatic rings. The molecule has 0 bridgehead atoms. The maximum Gasteiger partial charge on any atom is 0.106 e. The molecular formula is C23H36O2. The fourth-order valence-electron chi connectivity index (χ4n) is 4.62. The van der Waals surface area contributed by atoms with E-state index in [9.17, 15) is 0 Å². The van der Waals surface area contributed by atoms with Gasteiger partial charge in [0.05, 0.1) is 19.3 Å². The van der Waals surface area contributed by atoms with Gasteiger partial charge in [0.25, 0.3) is 0 Å². The third-order valence-electron chi connectivity index (χ3n) is 6.27. The number of hydrogen-bond donors (Lipinski definition) is 0. The van der Waals surface area contributed by atoms with Crippen molar-refractivity contribution >= 4 is 0 Å². The van der Waals surface area contributed by atoms with Crippen LogP contribution < -0.4 is 0 Å². The first-order chi connectivity index (χ1) is 12.3. The fourth-order valence-corrected chi connectivity index (χ4v) is 4.62. The molecule has 0 aromatic heterocycles. The minimum Gasteiger partial charge on any atom is -0.373 e. The molecule has 2 nitrogen and oxygen atoms in total. The Balaban J connectivity index is 1.53. The zero-order valence-electron chi connectivity index (χ0n) is 16.2. The summed E-state index contributed by atoms with van der Waals surface area (Å²) in [5.41, 5.74) is 2.81. The second-order valence-electron chi connectivity index (χ2n) is 8.00. The highest BCUT2D eigenvalue weighted by Gasteiger charge is 2.26. The van der Waals surface area contributed by atoms with Gasteiger partial charge in [-0.2, -0.15) is 0 Å². The number of benzene rings is 1. The zero-order chi connectivity index (χ0) is 17.5. The van der Waals surface area contributed by atoms with Gasteiger partial charge in [0.15, 0.2) is 0 Å². The zero-order valence-corrected chi connectivity index (χ0v) is 16.2. The van der Waals surface area contributed by atoms with E-state index in [-0.39, 0.29) is 6.10 Å². The minimum absolute atomic E-state index is 0.116. The fraction of sp³-hybridized carbons (Fsp3) is 0.739. The van der Waals surface area contributed by atoms with E-state index < -0.39 is 0 Å². The number of unbranched alkanes of at least 4 members (excludes halogenated alkanes) is 2. The van der Waals surface area contributed by atoms with E-state index in [1.807, 2.05) is 0 Å². The molecule has 0 radical (unpaired) electrons. The van der Waals surface area contributed by atoms with Crippen LogP contribution in [0.1, 0.15) is 94.8 Å². The molecule has 1 saturated heterocycles. The van der Waals surface area contributed by atoms with E-state index in [0.717, 1.165) is 24.9 Å². The molecule has 1 saturated carbocycles. The summed E-state index contributed by atoms with van der Waals surface area (Å²) in [4.78, 5) is 0. The first-order valence-electron chi connectivity index (χ1n) is 10.6. The maximum absolute atomic E-state index is 6.11. The molecule has 0 N–H and O–H groups in total. The average Bonchev–Trinajstić information content (AvgIpc) is 2.69. The summed E-state index contributed by atoms with van der Waals surface area (Å²) in [6.45, 7) is 6.04. The van der Waals surface area contributed by atoms with Crippen LogP contribution in [0.4, 0.5) is 0 Å². The lowest BCUT2D eigenvalue weighted by Crippen LogP contribution is -2.31. The van der Waals surface area contributed by atoms with Crippen LogP contribution in [0.2, 0.25) is 0 Å². The van der Waals surface area contributed by atoms with Gasteiger partial charge < -0.3 is 9.47 Å². The van der Waals surface area contributed by atoms with Crippen molar-refractivity contribution in [2.75, 3.05) is 13.2 Å². The molecule has 2 fully saturated rings. The first-order valence-corrected chi connectivity index (χ1v) is 10.6. The van der Waals surface area contributed by atoms with Gasteiger partial charge in [0.1, 0.15) is 6.10 Å². The van der Waals surface area contributed by atoms with Crippen LogP contribution in [0.3, 0.4) is 0 Å². The van der Waals surface area contributed by atoms with Crippen molar-refractivity contribution in [3.63, 3.8) is 0 Å². The third kappa shape index (κ3) is 5.08. The Kier molecular flexibility index (Phi) is 7.36. The van der Waals surface area contributed by atoms with Crippen molar-refractivity contribution in [3.8, 4) is 0 Å². The third-order valence-corrected chi connectivity index (χ3v) is 6.27. The summed E-state index contributed by atoms with van der Waals surface area (Å²) in [7, 11) is 0. The summed E-state index contributed by atoms with van der Waals surface area (Å²) in [5.74, 6) is 1.64. The highest BCUT2D eigenvalue weighted by Crippen LogP contribution is 2.39. The second kappa shape index (κ2) is 9.73. The molecule has 25 heavy (non-hydrogen) atoms. The van der Waals surface area contributed by atoms with Gasteiger partial charge in [0.2, 0.25) is 0 Å². The molecule has 1 aliphatic carbocycles. The lowest BCUT2D eigenvalue weighted by molar-refractivity contribution is -0.137. The topological polar surface area (TPSA) is 18.5 Å². The number of rotatable bonds is 7. The molecule has 1 aromatic carbocycles. The average molecular weight is 345 g/mol. The molecule has 1 aliphatic heterocycles. The van der Waals surface area contributed by atoms with Crippen molar-refractivity contribution in [2.24, 2.45) is 5.92 Å². The normalized spacial score (nSPS) is 30.3. The van der Waals surface area contributed by atoms with Gasteiger partial charge >= 0.3 is 0 Å². The SMILES string of the molecule is CCCCCC1COC(c2ccc(C3CCCCC3CC)cc2)CO1. The lowest BCUT2D eigenvalue weighted by atomic mass is 9.74. The summed E-state index contributed by atoms with van der Waals surface area (Å²) < 4.78 is 12.2. The van der Waals surface area contributed by atoms with Crippen molar-refractivity contribution in [2.45, 2.75) is 89.8 Å². The number of hydrogen-bond acceptors (Lipinski definition) is 2. The second-order valence-corrected chi connectivity index (χ2v) is 8.00. The molecule has 3 rings (SSSR count). The molecular weight excluding hydrogens is 308 g/mol. The van der Waals surface area contributed by atoms with Crippen LogP contribution >= 0.6 is 0 Å². The Morgan fingerprint density at radius 2 is 1.64 bits per heavy atom. The summed E-state index contributed by atoms with van der Waals surface area (Å²) in [6.07, 6.45) is 12.3. The van der Waals surface area contributed by atoms with Gasteiger partial charge in [-0.25, -0.2) is 0 Å². The van der Waals surface area contributed by atoms with Crippen LogP contribution in [-0.2, 0) is 9.47 Å². The molecule has 1 aromatic rings. The van der Waals surface area contributed by atoms with Crippen molar-refractivity contribution in [1.82, 2.24) is 0 Å². The maximum atomic E-state index is 6.11. The van der Waals surface area contributed by atoms with Crippen molar-refractivity contribution in [3.05, 3.63) is 35.4 Å². The molecule has 0 spiro atoms. The minimum atomic E-state index is 0.116. The predicted molar refractivity (Wildman–Crippen MR) is 104 cm³/mol. The van der Waals surface area contributed by atoms with E-state index in [1.165, 1.54) is 62.5 Å². The van der Waals surface area contributed by atoms with Crippen molar-refractivity contribution < 1.29 is 9.47 Å². The van der Waals surface area contributed by atoms with E-state index in [4.69, 9.17) is 9.47 Å². The van der Waals surface area contributed by atoms with Crippen LogP contribution in [0, 0.1) is 5.92 Å². The van der Waals surface area contributed by atoms with E-state index >= 15 is 0 Å². The van der Waals surface area contributed by atoms with Crippen LogP contribution in [0.15, 0.2) is 24.3 Å².